The summed E-state index contributed by atoms with van der Waals surface area (Å²) in [6.07, 6.45) is 11.6. The average Bonchev–Trinajstić information content (AvgIpc) is 2.67. The maximum atomic E-state index is 3.89. The molecule has 160 valence electrons. The fourth-order valence-electron chi connectivity index (χ4n) is 2.49. The summed E-state index contributed by atoms with van der Waals surface area (Å²) < 4.78 is 0. The van der Waals surface area contributed by atoms with Gasteiger partial charge in [-0.1, -0.05) is 117 Å². The molecule has 0 bridgehead atoms. The second-order valence-electron chi connectivity index (χ2n) is 7.76. The van der Waals surface area contributed by atoms with Gasteiger partial charge in [-0.2, -0.15) is 0 Å². The Morgan fingerprint density at radius 1 is 1.03 bits per heavy atom. The molecule has 0 spiro atoms. The molecule has 0 aliphatic rings. The van der Waals surface area contributed by atoms with Crippen LogP contribution in [0.4, 0.5) is 0 Å². The Morgan fingerprint density at radius 2 is 1.59 bits per heavy atom. The lowest BCUT2D eigenvalue weighted by molar-refractivity contribution is 0.866. The van der Waals surface area contributed by atoms with Gasteiger partial charge in [0.05, 0.1) is 0 Å². The van der Waals surface area contributed by atoms with Crippen LogP contribution in [0.5, 0.6) is 0 Å². The van der Waals surface area contributed by atoms with Gasteiger partial charge in [0.15, 0.2) is 0 Å². The molecule has 1 aromatic rings. The lowest BCUT2D eigenvalue weighted by Crippen LogP contribution is -1.85. The molecule has 0 fully saturated rings. The van der Waals surface area contributed by atoms with Crippen LogP contribution in [0.1, 0.15) is 78.4 Å². The first-order valence-corrected chi connectivity index (χ1v) is 10.6. The molecule has 0 heterocycles. The highest BCUT2D eigenvalue weighted by Gasteiger charge is 1.96. The third kappa shape index (κ3) is 16.3. The van der Waals surface area contributed by atoms with Crippen molar-refractivity contribution < 1.29 is 0 Å². The van der Waals surface area contributed by atoms with E-state index >= 15 is 0 Å². The van der Waals surface area contributed by atoms with E-state index in [9.17, 15) is 0 Å². The molecular formula is C29H44. The van der Waals surface area contributed by atoms with Crippen molar-refractivity contribution in [3.63, 3.8) is 0 Å². The molecule has 0 radical (unpaired) electrons. The van der Waals surface area contributed by atoms with E-state index < -0.39 is 0 Å². The molecule has 0 unspecified atom stereocenters. The predicted molar refractivity (Wildman–Crippen MR) is 137 cm³/mol. The van der Waals surface area contributed by atoms with Crippen LogP contribution in [0.15, 0.2) is 96.7 Å². The molecule has 0 aliphatic carbocycles. The second kappa shape index (κ2) is 17.7. The number of rotatable bonds is 7. The largest absolute Gasteiger partial charge is 0.0998 e. The van der Waals surface area contributed by atoms with E-state index in [4.69, 9.17) is 0 Å². The van der Waals surface area contributed by atoms with Crippen LogP contribution in [0.2, 0.25) is 0 Å². The van der Waals surface area contributed by atoms with E-state index in [1.165, 1.54) is 27.8 Å². The van der Waals surface area contributed by atoms with Crippen LogP contribution >= 0.6 is 0 Å². The minimum absolute atomic E-state index is 0.653. The van der Waals surface area contributed by atoms with Crippen molar-refractivity contribution in [2.75, 3.05) is 0 Å². The van der Waals surface area contributed by atoms with Crippen molar-refractivity contribution in [1.82, 2.24) is 0 Å². The van der Waals surface area contributed by atoms with Crippen molar-refractivity contribution in [1.29, 1.82) is 0 Å². The Bertz CT molecular complexity index is 684. The number of hydrogen-bond acceptors (Lipinski definition) is 0. The van der Waals surface area contributed by atoms with Crippen LogP contribution in [-0.4, -0.2) is 0 Å². The molecule has 0 aliphatic heterocycles. The molecule has 1 aromatic carbocycles. The monoisotopic (exact) mass is 392 g/mol. The minimum Gasteiger partial charge on any atom is -0.0998 e. The predicted octanol–water partition coefficient (Wildman–Crippen LogP) is 9.68. The Balaban J connectivity index is 0. The zero-order valence-electron chi connectivity index (χ0n) is 20.3. The van der Waals surface area contributed by atoms with Gasteiger partial charge in [0.2, 0.25) is 0 Å². The molecule has 0 atom stereocenters. The molecule has 0 nitrogen and oxygen atoms in total. The van der Waals surface area contributed by atoms with Crippen molar-refractivity contribution >= 4 is 0 Å². The van der Waals surface area contributed by atoms with Crippen molar-refractivity contribution in [3.05, 3.63) is 108 Å². The van der Waals surface area contributed by atoms with E-state index in [0.717, 1.165) is 18.4 Å². The van der Waals surface area contributed by atoms with E-state index in [0.29, 0.717) is 5.92 Å². The summed E-state index contributed by atoms with van der Waals surface area (Å²) in [6, 6.07) is 8.71. The Labute approximate surface area is 182 Å². The van der Waals surface area contributed by atoms with Crippen LogP contribution in [0.25, 0.3) is 0 Å². The molecule has 0 heteroatoms. The van der Waals surface area contributed by atoms with E-state index in [-0.39, 0.29) is 0 Å². The molecule has 29 heavy (non-hydrogen) atoms. The van der Waals surface area contributed by atoms with Gasteiger partial charge in [0.25, 0.3) is 0 Å². The van der Waals surface area contributed by atoms with Gasteiger partial charge in [-0.15, -0.1) is 0 Å². The van der Waals surface area contributed by atoms with Crippen LogP contribution in [0, 0.1) is 6.92 Å². The molecule has 0 saturated heterocycles. The summed E-state index contributed by atoms with van der Waals surface area (Å²) >= 11 is 0. The highest BCUT2D eigenvalue weighted by molar-refractivity contribution is 5.31. The van der Waals surface area contributed by atoms with Crippen molar-refractivity contribution in [3.8, 4) is 0 Å². The Hall–Kier alpha value is -2.34. The summed E-state index contributed by atoms with van der Waals surface area (Å²) in [6.45, 7) is 28.2. The number of allylic oxidation sites excluding steroid dienone is 9. The topological polar surface area (TPSA) is 0 Å². The maximum absolute atomic E-state index is 3.89. The number of hydrogen-bond donors (Lipinski definition) is 0. The Kier molecular flexibility index (Phi) is 17.7. The first kappa shape index (κ1) is 28.9. The lowest BCUT2D eigenvalue weighted by atomic mass is 10.0. The molecule has 0 amide bonds. The Morgan fingerprint density at radius 3 is 1.86 bits per heavy atom. The molecule has 1 rings (SSSR count). The smallest absolute Gasteiger partial charge is 0.0112 e. The number of aryl methyl sites for hydroxylation is 1. The molecule has 0 N–H and O–H groups in total. The van der Waals surface area contributed by atoms with E-state index in [1.807, 2.05) is 25.2 Å². The summed E-state index contributed by atoms with van der Waals surface area (Å²) in [5.74, 6) is 0.653. The van der Waals surface area contributed by atoms with Crippen molar-refractivity contribution in [2.45, 2.75) is 74.1 Å². The zero-order chi connectivity index (χ0) is 22.8. The molecule has 0 saturated carbocycles. The van der Waals surface area contributed by atoms with E-state index in [2.05, 4.69) is 92.5 Å². The fraction of sp³-hybridized carbons (Fsp3) is 0.379. The average molecular weight is 393 g/mol. The van der Waals surface area contributed by atoms with Crippen molar-refractivity contribution in [2.24, 2.45) is 0 Å². The van der Waals surface area contributed by atoms with Crippen LogP contribution in [-0.2, 0) is 0 Å². The summed E-state index contributed by atoms with van der Waals surface area (Å²) in [5.41, 5.74) is 8.10. The third-order valence-electron chi connectivity index (χ3n) is 4.30. The summed E-state index contributed by atoms with van der Waals surface area (Å²) in [5, 5.41) is 0. The van der Waals surface area contributed by atoms with Gasteiger partial charge < -0.3 is 0 Å². The van der Waals surface area contributed by atoms with Gasteiger partial charge in [-0.25, -0.2) is 0 Å². The number of benzene rings is 1. The summed E-state index contributed by atoms with van der Waals surface area (Å²) in [7, 11) is 0. The maximum Gasteiger partial charge on any atom is -0.0112 e. The van der Waals surface area contributed by atoms with E-state index in [1.54, 1.807) is 12.2 Å². The van der Waals surface area contributed by atoms with Gasteiger partial charge in [0.1, 0.15) is 0 Å². The van der Waals surface area contributed by atoms with Crippen LogP contribution < -0.4 is 0 Å². The normalized spacial score (nSPS) is 10.4. The van der Waals surface area contributed by atoms with Crippen LogP contribution in [0.3, 0.4) is 0 Å². The highest BCUT2D eigenvalue weighted by atomic mass is 14.0. The van der Waals surface area contributed by atoms with Gasteiger partial charge in [-0.05, 0) is 64.5 Å². The highest BCUT2D eigenvalue weighted by Crippen LogP contribution is 2.16. The minimum atomic E-state index is 0.653. The first-order valence-electron chi connectivity index (χ1n) is 10.6. The standard InChI is InChI=1S/C10H14.C10H18.C9H12/c1-8(2)10-6-4-9(3)5-7-10;1-6-10(9(4)5)7-8(2)3;1-4-7-9(6-3)8-5-2/h4-8H,1-3H3;2,6-7H2,1,3-5H3;4-8H,1,3H2,2H3/b;;8-5-,9-7-. The first-order chi connectivity index (χ1) is 13.6. The lowest BCUT2D eigenvalue weighted by Gasteiger charge is -2.05. The van der Waals surface area contributed by atoms with Gasteiger partial charge in [-0.3, -0.25) is 0 Å². The quantitative estimate of drug-likeness (QED) is 0.320. The molecule has 0 aromatic heterocycles. The second-order valence-corrected chi connectivity index (χ2v) is 7.76. The zero-order valence-corrected chi connectivity index (χ0v) is 20.3. The van der Waals surface area contributed by atoms with Gasteiger partial charge >= 0.3 is 0 Å². The third-order valence-corrected chi connectivity index (χ3v) is 4.30. The fourth-order valence-corrected chi connectivity index (χ4v) is 2.49. The summed E-state index contributed by atoms with van der Waals surface area (Å²) in [4.78, 5) is 0. The molecular weight excluding hydrogens is 348 g/mol. The SMILES string of the molecule is C=C(C)CC(CC)=C(C)C.C=C/C=C(C=C)\C=C/C.Cc1ccc(C(C)C)cc1. The van der Waals surface area contributed by atoms with Gasteiger partial charge in [0, 0.05) is 0 Å².